The number of likely N-dealkylation sites (N-methyl/N-ethyl adjacent to an activating group) is 1. The second-order valence-corrected chi connectivity index (χ2v) is 6.21. The third-order valence-electron chi connectivity index (χ3n) is 3.08. The lowest BCUT2D eigenvalue weighted by molar-refractivity contribution is 0.403. The molecule has 1 aromatic heterocycles. The van der Waals surface area contributed by atoms with Crippen molar-refractivity contribution in [3.8, 4) is 5.75 Å². The van der Waals surface area contributed by atoms with Gasteiger partial charge in [-0.3, -0.25) is 0 Å². The molecule has 0 saturated carbocycles. The van der Waals surface area contributed by atoms with Crippen molar-refractivity contribution in [1.82, 2.24) is 5.32 Å². The highest BCUT2D eigenvalue weighted by atomic mass is 79.9. The number of methoxy groups -OCH3 is 1. The highest BCUT2D eigenvalue weighted by Crippen LogP contribution is 2.34. The normalized spacial score (nSPS) is 12.4. The highest BCUT2D eigenvalue weighted by molar-refractivity contribution is 9.10. The Hall–Kier alpha value is -0.910. The summed E-state index contributed by atoms with van der Waals surface area (Å²) in [6.07, 6.45) is 0.711. The van der Waals surface area contributed by atoms with Crippen LogP contribution in [0.2, 0.25) is 0 Å². The second-order valence-electron chi connectivity index (χ2n) is 4.40. The van der Waals surface area contributed by atoms with Crippen LogP contribution in [-0.4, -0.2) is 13.7 Å². The maximum Gasteiger partial charge on any atom is 0.134 e. The molecule has 1 unspecified atom stereocenters. The molecule has 1 heterocycles. The topological polar surface area (TPSA) is 21.3 Å². The number of halogens is 2. The second kappa shape index (κ2) is 7.20. The number of nitrogens with one attached hydrogen (secondary N) is 1. The molecule has 1 aromatic carbocycles. The molecule has 108 valence electrons. The Balaban J connectivity index is 2.27. The Morgan fingerprint density at radius 2 is 2.20 bits per heavy atom. The molecule has 0 aliphatic rings. The van der Waals surface area contributed by atoms with Gasteiger partial charge in [0.25, 0.3) is 0 Å². The fourth-order valence-corrected chi connectivity index (χ4v) is 3.50. The lowest BCUT2D eigenvalue weighted by Gasteiger charge is -2.19. The summed E-state index contributed by atoms with van der Waals surface area (Å²) in [6, 6.07) is 6.87. The van der Waals surface area contributed by atoms with Crippen LogP contribution in [0.1, 0.15) is 23.4 Å². The first-order valence-electron chi connectivity index (χ1n) is 6.44. The van der Waals surface area contributed by atoms with Gasteiger partial charge in [0.1, 0.15) is 11.6 Å². The molecule has 0 saturated heterocycles. The van der Waals surface area contributed by atoms with Gasteiger partial charge in [-0.2, -0.15) is 0 Å². The Bertz CT molecular complexity index is 573. The zero-order valence-electron chi connectivity index (χ0n) is 11.5. The van der Waals surface area contributed by atoms with Crippen LogP contribution < -0.4 is 10.1 Å². The van der Waals surface area contributed by atoms with Crippen LogP contribution in [0.5, 0.6) is 5.75 Å². The van der Waals surface area contributed by atoms with E-state index in [1.807, 2.05) is 11.4 Å². The molecule has 20 heavy (non-hydrogen) atoms. The molecule has 0 bridgehead atoms. The van der Waals surface area contributed by atoms with Crippen molar-refractivity contribution < 1.29 is 9.13 Å². The quantitative estimate of drug-likeness (QED) is 0.818. The van der Waals surface area contributed by atoms with E-state index in [0.717, 1.165) is 27.2 Å². The third kappa shape index (κ3) is 3.59. The number of thiophene rings is 1. The van der Waals surface area contributed by atoms with Gasteiger partial charge in [0.15, 0.2) is 0 Å². The Labute approximate surface area is 131 Å². The summed E-state index contributed by atoms with van der Waals surface area (Å²) in [5, 5.41) is 5.46. The summed E-state index contributed by atoms with van der Waals surface area (Å²) in [6.45, 7) is 2.91. The van der Waals surface area contributed by atoms with Gasteiger partial charge in [0.2, 0.25) is 0 Å². The number of hydrogen-bond acceptors (Lipinski definition) is 3. The highest BCUT2D eigenvalue weighted by Gasteiger charge is 2.18. The van der Waals surface area contributed by atoms with Crippen molar-refractivity contribution in [3.63, 3.8) is 0 Å². The van der Waals surface area contributed by atoms with Crippen molar-refractivity contribution in [3.05, 3.63) is 50.4 Å². The molecule has 2 aromatic rings. The van der Waals surface area contributed by atoms with E-state index in [9.17, 15) is 4.39 Å². The van der Waals surface area contributed by atoms with Gasteiger partial charge in [0, 0.05) is 10.5 Å². The van der Waals surface area contributed by atoms with Crippen LogP contribution in [-0.2, 0) is 6.42 Å². The molecule has 5 heteroatoms. The third-order valence-corrected chi connectivity index (χ3v) is 4.86. The summed E-state index contributed by atoms with van der Waals surface area (Å²) in [5.41, 5.74) is 0.950. The molecule has 0 aliphatic heterocycles. The van der Waals surface area contributed by atoms with Crippen molar-refractivity contribution in [2.45, 2.75) is 19.4 Å². The maximum absolute atomic E-state index is 13.4. The summed E-state index contributed by atoms with van der Waals surface area (Å²) in [5.74, 6) is 0.671. The maximum atomic E-state index is 13.4. The van der Waals surface area contributed by atoms with Crippen LogP contribution in [0.25, 0.3) is 0 Å². The zero-order chi connectivity index (χ0) is 14.5. The van der Waals surface area contributed by atoms with Gasteiger partial charge in [-0.05, 0) is 48.2 Å². The lowest BCUT2D eigenvalue weighted by atomic mass is 10.0. The SMILES string of the molecule is CCNC(Cc1cc(F)ccc1Br)c1sccc1OC. The minimum Gasteiger partial charge on any atom is -0.496 e. The Morgan fingerprint density at radius 1 is 1.40 bits per heavy atom. The van der Waals surface area contributed by atoms with Gasteiger partial charge in [-0.1, -0.05) is 22.9 Å². The van der Waals surface area contributed by atoms with E-state index in [2.05, 4.69) is 28.2 Å². The van der Waals surface area contributed by atoms with Crippen molar-refractivity contribution in [2.24, 2.45) is 0 Å². The van der Waals surface area contributed by atoms with E-state index in [-0.39, 0.29) is 11.9 Å². The predicted molar refractivity (Wildman–Crippen MR) is 85.1 cm³/mol. The summed E-state index contributed by atoms with van der Waals surface area (Å²) in [7, 11) is 1.67. The predicted octanol–water partition coefficient (Wildman–Crippen LogP) is 4.55. The van der Waals surface area contributed by atoms with Crippen molar-refractivity contribution in [1.29, 1.82) is 0 Å². The smallest absolute Gasteiger partial charge is 0.134 e. The molecule has 0 spiro atoms. The van der Waals surface area contributed by atoms with Gasteiger partial charge in [0.05, 0.1) is 12.0 Å². The first kappa shape index (κ1) is 15.5. The molecule has 1 atom stereocenters. The molecule has 1 N–H and O–H groups in total. The average Bonchev–Trinajstić information content (AvgIpc) is 2.90. The van der Waals surface area contributed by atoms with E-state index < -0.39 is 0 Å². The van der Waals surface area contributed by atoms with Gasteiger partial charge >= 0.3 is 0 Å². The van der Waals surface area contributed by atoms with E-state index in [0.29, 0.717) is 6.42 Å². The van der Waals surface area contributed by atoms with E-state index in [1.54, 1.807) is 30.6 Å². The van der Waals surface area contributed by atoms with E-state index in [4.69, 9.17) is 4.74 Å². The zero-order valence-corrected chi connectivity index (χ0v) is 13.9. The molecular weight excluding hydrogens is 341 g/mol. The molecule has 2 rings (SSSR count). The monoisotopic (exact) mass is 357 g/mol. The Kier molecular flexibility index (Phi) is 5.57. The first-order chi connectivity index (χ1) is 9.65. The molecule has 0 amide bonds. The van der Waals surface area contributed by atoms with Gasteiger partial charge < -0.3 is 10.1 Å². The summed E-state index contributed by atoms with van der Waals surface area (Å²) in [4.78, 5) is 1.14. The minimum absolute atomic E-state index is 0.119. The van der Waals surface area contributed by atoms with Crippen LogP contribution in [0.4, 0.5) is 4.39 Å². The number of benzene rings is 1. The molecule has 0 radical (unpaired) electrons. The number of hydrogen-bond donors (Lipinski definition) is 1. The van der Waals surface area contributed by atoms with Crippen molar-refractivity contribution >= 4 is 27.3 Å². The molecule has 0 fully saturated rings. The van der Waals surface area contributed by atoms with Crippen LogP contribution in [0.15, 0.2) is 34.1 Å². The molecule has 0 aliphatic carbocycles. The van der Waals surface area contributed by atoms with Crippen LogP contribution in [0.3, 0.4) is 0 Å². The average molecular weight is 358 g/mol. The number of ether oxygens (including phenoxy) is 1. The van der Waals surface area contributed by atoms with Gasteiger partial charge in [-0.15, -0.1) is 11.3 Å². The van der Waals surface area contributed by atoms with E-state index in [1.165, 1.54) is 6.07 Å². The van der Waals surface area contributed by atoms with Crippen LogP contribution >= 0.6 is 27.3 Å². The lowest BCUT2D eigenvalue weighted by Crippen LogP contribution is -2.22. The molecular formula is C15H17BrFNOS. The van der Waals surface area contributed by atoms with Gasteiger partial charge in [-0.25, -0.2) is 4.39 Å². The number of rotatable bonds is 6. The fourth-order valence-electron chi connectivity index (χ4n) is 2.16. The van der Waals surface area contributed by atoms with Crippen LogP contribution in [0, 0.1) is 5.82 Å². The Morgan fingerprint density at radius 3 is 2.90 bits per heavy atom. The largest absolute Gasteiger partial charge is 0.496 e. The molecule has 2 nitrogen and oxygen atoms in total. The minimum atomic E-state index is -0.211. The first-order valence-corrected chi connectivity index (χ1v) is 8.11. The summed E-state index contributed by atoms with van der Waals surface area (Å²) >= 11 is 5.14. The fraction of sp³-hybridized carbons (Fsp3) is 0.333. The standard InChI is InChI=1S/C15H17BrFNOS/c1-3-18-13(15-14(19-2)6-7-20-15)9-10-8-11(17)4-5-12(10)16/h4-8,13,18H,3,9H2,1-2H3. The van der Waals surface area contributed by atoms with Crippen molar-refractivity contribution in [2.75, 3.05) is 13.7 Å². The van der Waals surface area contributed by atoms with E-state index >= 15 is 0 Å². The summed E-state index contributed by atoms with van der Waals surface area (Å²) < 4.78 is 19.7.